The van der Waals surface area contributed by atoms with E-state index in [1.165, 1.54) is 0 Å². The topological polar surface area (TPSA) is 86.8 Å². The molecule has 8 heteroatoms. The third kappa shape index (κ3) is 7.11. The van der Waals surface area contributed by atoms with Gasteiger partial charge in [0.05, 0.1) is 18.5 Å². The Hall–Kier alpha value is -3.39. The molecule has 0 radical (unpaired) electrons. The number of rotatable bonds is 9. The molecule has 0 aliphatic heterocycles. The second kappa shape index (κ2) is 12.3. The van der Waals surface area contributed by atoms with Crippen molar-refractivity contribution in [2.75, 3.05) is 19.0 Å². The lowest BCUT2D eigenvalue weighted by atomic mass is 10.1. The number of methoxy groups -OCH3 is 1. The molecular formula is C23H26BrN4O3+. The molecule has 1 aromatic heterocycles. The average molecular weight is 486 g/mol. The Morgan fingerprint density at radius 3 is 2.48 bits per heavy atom. The molecule has 7 nitrogen and oxygen atoms in total. The van der Waals surface area contributed by atoms with Gasteiger partial charge in [-0.25, -0.2) is 5.43 Å². The molecule has 1 amide bonds. The zero-order valence-corrected chi connectivity index (χ0v) is 18.9. The Labute approximate surface area is 192 Å². The van der Waals surface area contributed by atoms with Gasteiger partial charge in [-0.2, -0.15) is 9.67 Å². The highest BCUT2D eigenvalue weighted by Crippen LogP contribution is 2.23. The van der Waals surface area contributed by atoms with Gasteiger partial charge in [-0.15, -0.1) is 17.0 Å². The van der Waals surface area contributed by atoms with Crippen LogP contribution in [0.15, 0.2) is 84.2 Å². The number of hydrogen-bond acceptors (Lipinski definition) is 5. The number of ether oxygens (including phenoxy) is 1. The van der Waals surface area contributed by atoms with Gasteiger partial charge in [0, 0.05) is 30.7 Å². The third-order valence-electron chi connectivity index (χ3n) is 4.42. The van der Waals surface area contributed by atoms with Crippen molar-refractivity contribution >= 4 is 34.3 Å². The summed E-state index contributed by atoms with van der Waals surface area (Å²) >= 11 is 0. The Morgan fingerprint density at radius 2 is 1.74 bits per heavy atom. The zero-order chi connectivity index (χ0) is 21.2. The number of hydrazone groups is 1. The molecule has 0 spiro atoms. The maximum absolute atomic E-state index is 12.3. The van der Waals surface area contributed by atoms with Gasteiger partial charge in [-0.1, -0.05) is 30.3 Å². The number of halogens is 1. The van der Waals surface area contributed by atoms with Crippen molar-refractivity contribution < 1.29 is 19.2 Å². The van der Waals surface area contributed by atoms with E-state index in [4.69, 9.17) is 4.74 Å². The number of anilines is 1. The molecule has 3 aromatic rings. The van der Waals surface area contributed by atoms with E-state index in [0.29, 0.717) is 24.2 Å². The Bertz CT molecular complexity index is 1010. The number of carbonyl (C=O) groups is 1. The molecule has 0 unspecified atom stereocenters. The normalized spacial score (nSPS) is 10.7. The van der Waals surface area contributed by atoms with Gasteiger partial charge in [0.25, 0.3) is 0 Å². The quantitative estimate of drug-likeness (QED) is 0.246. The van der Waals surface area contributed by atoms with Crippen molar-refractivity contribution in [3.63, 3.8) is 0 Å². The van der Waals surface area contributed by atoms with Crippen LogP contribution in [0.5, 0.6) is 11.5 Å². The first-order valence-corrected chi connectivity index (χ1v) is 9.62. The average Bonchev–Trinajstić information content (AvgIpc) is 2.77. The standard InChI is InChI=1S/C23H24N4O3.BrH/c1-30-22-12-6-4-10-20(22)24-14-13-19(18-9-3-5-11-21(18)28)25-26-23(29)17-27-15-7-2-8-16-27;/h2-12,15-16,24H,13-14,17H2,1H3,(H-,25,26,28,29);1H/p+1. The van der Waals surface area contributed by atoms with E-state index < -0.39 is 0 Å². The van der Waals surface area contributed by atoms with Gasteiger partial charge in [0.1, 0.15) is 11.5 Å². The lowest BCUT2D eigenvalue weighted by molar-refractivity contribution is -0.684. The number of pyridine rings is 1. The van der Waals surface area contributed by atoms with Crippen molar-refractivity contribution in [3.05, 3.63) is 84.7 Å². The van der Waals surface area contributed by atoms with Crippen LogP contribution in [0.4, 0.5) is 5.69 Å². The van der Waals surface area contributed by atoms with E-state index >= 15 is 0 Å². The summed E-state index contributed by atoms with van der Waals surface area (Å²) in [5, 5.41) is 17.8. The van der Waals surface area contributed by atoms with Crippen LogP contribution in [0.2, 0.25) is 0 Å². The number of phenols is 1. The fourth-order valence-electron chi connectivity index (χ4n) is 2.95. The van der Waals surface area contributed by atoms with Gasteiger partial charge >= 0.3 is 5.91 Å². The molecule has 0 aliphatic rings. The smallest absolute Gasteiger partial charge is 0.305 e. The number of para-hydroxylation sites is 3. The van der Waals surface area contributed by atoms with Crippen molar-refractivity contribution in [1.82, 2.24) is 5.43 Å². The van der Waals surface area contributed by atoms with Crippen molar-refractivity contribution in [2.45, 2.75) is 13.0 Å². The minimum atomic E-state index is -0.253. The zero-order valence-electron chi connectivity index (χ0n) is 17.2. The molecule has 3 N–H and O–H groups in total. The molecule has 0 aliphatic carbocycles. The minimum Gasteiger partial charge on any atom is -0.507 e. The number of hydrogen-bond donors (Lipinski definition) is 3. The van der Waals surface area contributed by atoms with E-state index in [1.54, 1.807) is 29.9 Å². The largest absolute Gasteiger partial charge is 0.507 e. The van der Waals surface area contributed by atoms with Crippen LogP contribution < -0.4 is 20.0 Å². The summed E-state index contributed by atoms with van der Waals surface area (Å²) in [6.07, 6.45) is 4.10. The number of benzene rings is 2. The molecule has 0 saturated heterocycles. The lowest BCUT2D eigenvalue weighted by Gasteiger charge is -2.13. The van der Waals surface area contributed by atoms with Crippen LogP contribution in [0.1, 0.15) is 12.0 Å². The van der Waals surface area contributed by atoms with Crippen molar-refractivity contribution in [1.29, 1.82) is 0 Å². The fourth-order valence-corrected chi connectivity index (χ4v) is 2.95. The summed E-state index contributed by atoms with van der Waals surface area (Å²) in [6.45, 7) is 0.689. The number of nitrogens with one attached hydrogen (secondary N) is 2. The van der Waals surface area contributed by atoms with Crippen LogP contribution >= 0.6 is 17.0 Å². The predicted octanol–water partition coefficient (Wildman–Crippen LogP) is 3.29. The molecule has 2 aromatic carbocycles. The monoisotopic (exact) mass is 485 g/mol. The van der Waals surface area contributed by atoms with Crippen molar-refractivity contribution in [3.8, 4) is 11.5 Å². The Kier molecular flexibility index (Phi) is 9.51. The van der Waals surface area contributed by atoms with Gasteiger partial charge in [0.2, 0.25) is 6.54 Å². The Balaban J connectivity index is 0.00000341. The summed E-state index contributed by atoms with van der Waals surface area (Å²) in [7, 11) is 1.62. The maximum atomic E-state index is 12.3. The van der Waals surface area contributed by atoms with Gasteiger partial charge in [-0.3, -0.25) is 4.79 Å². The predicted molar refractivity (Wildman–Crippen MR) is 126 cm³/mol. The van der Waals surface area contributed by atoms with Gasteiger partial charge in [0.15, 0.2) is 12.4 Å². The molecule has 1 heterocycles. The van der Waals surface area contributed by atoms with E-state index in [0.717, 1.165) is 11.4 Å². The Morgan fingerprint density at radius 1 is 1.03 bits per heavy atom. The summed E-state index contributed by atoms with van der Waals surface area (Å²) in [4.78, 5) is 12.3. The molecule has 0 saturated carbocycles. The summed E-state index contributed by atoms with van der Waals surface area (Å²) in [6, 6.07) is 20.2. The second-order valence-electron chi connectivity index (χ2n) is 6.54. The van der Waals surface area contributed by atoms with E-state index in [1.807, 2.05) is 60.9 Å². The summed E-state index contributed by atoms with van der Waals surface area (Å²) < 4.78 is 7.11. The van der Waals surface area contributed by atoms with E-state index in [-0.39, 0.29) is 35.2 Å². The van der Waals surface area contributed by atoms with Crippen LogP contribution in [0.3, 0.4) is 0 Å². The number of aromatic nitrogens is 1. The second-order valence-corrected chi connectivity index (χ2v) is 6.54. The molecule has 0 atom stereocenters. The van der Waals surface area contributed by atoms with Crippen molar-refractivity contribution in [2.24, 2.45) is 5.10 Å². The van der Waals surface area contributed by atoms with Crippen LogP contribution in [-0.4, -0.2) is 30.4 Å². The number of phenolic OH excluding ortho intramolecular Hbond substituents is 1. The van der Waals surface area contributed by atoms with Crippen LogP contribution in [0.25, 0.3) is 0 Å². The molecule has 0 bridgehead atoms. The summed E-state index contributed by atoms with van der Waals surface area (Å²) in [5.74, 6) is 0.601. The highest BCUT2D eigenvalue weighted by Gasteiger charge is 2.12. The molecule has 0 fully saturated rings. The lowest BCUT2D eigenvalue weighted by Crippen LogP contribution is -2.41. The SMILES string of the molecule is Br.COc1ccccc1NCC/C(=N/NC(=O)C[n+]1ccccc1)c1ccccc1O. The number of nitrogens with zero attached hydrogens (tertiary/aromatic N) is 2. The maximum Gasteiger partial charge on any atom is 0.305 e. The molecule has 31 heavy (non-hydrogen) atoms. The van der Waals surface area contributed by atoms with Crippen LogP contribution in [0, 0.1) is 0 Å². The van der Waals surface area contributed by atoms with Gasteiger partial charge in [-0.05, 0) is 24.3 Å². The molecular weight excluding hydrogens is 460 g/mol. The minimum absolute atomic E-state index is 0. The first-order valence-electron chi connectivity index (χ1n) is 9.62. The highest BCUT2D eigenvalue weighted by atomic mass is 79.9. The number of carbonyl (C=O) groups excluding carboxylic acids is 1. The van der Waals surface area contributed by atoms with Gasteiger partial charge < -0.3 is 15.2 Å². The molecule has 162 valence electrons. The van der Waals surface area contributed by atoms with Crippen LogP contribution in [-0.2, 0) is 11.3 Å². The molecule has 3 rings (SSSR count). The number of amides is 1. The highest BCUT2D eigenvalue weighted by molar-refractivity contribution is 8.93. The summed E-state index contributed by atoms with van der Waals surface area (Å²) in [5.41, 5.74) is 4.60. The first kappa shape index (κ1) is 23.9. The fraction of sp³-hybridized carbons (Fsp3) is 0.174. The van der Waals surface area contributed by atoms with E-state index in [2.05, 4.69) is 15.8 Å². The first-order chi connectivity index (χ1) is 14.7. The van der Waals surface area contributed by atoms with E-state index in [9.17, 15) is 9.90 Å². The number of aromatic hydroxyl groups is 1. The third-order valence-corrected chi connectivity index (χ3v) is 4.42.